The predicted molar refractivity (Wildman–Crippen MR) is 102 cm³/mol. The van der Waals surface area contributed by atoms with E-state index < -0.39 is 0 Å². The highest BCUT2D eigenvalue weighted by Gasteiger charge is 2.35. The lowest BCUT2D eigenvalue weighted by atomic mass is 9.74. The van der Waals surface area contributed by atoms with E-state index in [9.17, 15) is 4.79 Å². The number of nitrogens with one attached hydrogen (secondary N) is 1. The summed E-state index contributed by atoms with van der Waals surface area (Å²) in [5.41, 5.74) is 2.39. The van der Waals surface area contributed by atoms with Crippen molar-refractivity contribution in [3.05, 3.63) is 56.7 Å². The molecule has 1 aromatic carbocycles. The lowest BCUT2D eigenvalue weighted by molar-refractivity contribution is 0.0487. The van der Waals surface area contributed by atoms with Crippen molar-refractivity contribution in [2.45, 2.75) is 37.0 Å². The van der Waals surface area contributed by atoms with Crippen LogP contribution in [0.1, 0.15) is 52.4 Å². The average molecular weight is 376 g/mol. The molecule has 1 amide bonds. The van der Waals surface area contributed by atoms with Crippen LogP contribution in [0, 0.1) is 0 Å². The van der Waals surface area contributed by atoms with Crippen LogP contribution in [-0.2, 0) is 10.2 Å². The van der Waals surface area contributed by atoms with Crippen molar-refractivity contribution < 1.29 is 9.53 Å². The molecule has 3 nitrogen and oxygen atoms in total. The van der Waals surface area contributed by atoms with Gasteiger partial charge in [0.05, 0.1) is 4.88 Å². The van der Waals surface area contributed by atoms with Crippen LogP contribution in [0.15, 0.2) is 35.7 Å². The molecule has 0 atom stereocenters. The minimum atomic E-state index is -0.0739. The highest BCUT2D eigenvalue weighted by molar-refractivity contribution is 7.12. The van der Waals surface area contributed by atoms with Crippen LogP contribution >= 0.6 is 22.9 Å². The Bertz CT molecular complexity index is 745. The van der Waals surface area contributed by atoms with Crippen molar-refractivity contribution in [1.82, 2.24) is 5.32 Å². The van der Waals surface area contributed by atoms with E-state index in [2.05, 4.69) is 23.5 Å². The Labute approximate surface area is 157 Å². The molecule has 2 heterocycles. The van der Waals surface area contributed by atoms with Crippen LogP contribution in [0.25, 0.3) is 0 Å². The van der Waals surface area contributed by atoms with Gasteiger partial charge in [-0.25, -0.2) is 0 Å². The molecule has 5 heteroatoms. The summed E-state index contributed by atoms with van der Waals surface area (Å²) in [4.78, 5) is 13.7. The molecule has 0 bridgehead atoms. The Morgan fingerprint density at radius 1 is 1.20 bits per heavy atom. The Hall–Kier alpha value is -1.36. The van der Waals surface area contributed by atoms with Gasteiger partial charge in [0.2, 0.25) is 0 Å². The summed E-state index contributed by atoms with van der Waals surface area (Å²) in [6, 6.07) is 10.1. The average Bonchev–Trinajstić information content (AvgIpc) is 3.37. The Morgan fingerprint density at radius 3 is 2.60 bits per heavy atom. The second kappa shape index (κ2) is 7.10. The fourth-order valence-electron chi connectivity index (χ4n) is 3.68. The molecule has 132 valence electrons. The van der Waals surface area contributed by atoms with E-state index in [1.807, 2.05) is 17.5 Å². The molecule has 25 heavy (non-hydrogen) atoms. The SMILES string of the molecule is O=C(NCC1(c2ccc(Cl)cc2)CCOCC1)c1sccc1C1CC1. The molecule has 0 radical (unpaired) electrons. The van der Waals surface area contributed by atoms with E-state index >= 15 is 0 Å². The van der Waals surface area contributed by atoms with Crippen LogP contribution in [0.4, 0.5) is 0 Å². The fraction of sp³-hybridized carbons (Fsp3) is 0.450. The third-order valence-corrected chi connectivity index (χ3v) is 6.59. The zero-order valence-corrected chi connectivity index (χ0v) is 15.7. The number of carbonyl (C=O) groups is 1. The van der Waals surface area contributed by atoms with Crippen molar-refractivity contribution in [3.63, 3.8) is 0 Å². The van der Waals surface area contributed by atoms with Crippen LogP contribution in [0.5, 0.6) is 0 Å². The molecule has 2 aromatic rings. The zero-order chi connectivity index (χ0) is 17.3. The molecule has 4 rings (SSSR count). The third kappa shape index (κ3) is 3.62. The molecule has 1 aliphatic heterocycles. The number of halogens is 1. The maximum Gasteiger partial charge on any atom is 0.261 e. The molecule has 1 saturated carbocycles. The van der Waals surface area contributed by atoms with Crippen LogP contribution in [0.3, 0.4) is 0 Å². The summed E-state index contributed by atoms with van der Waals surface area (Å²) in [6.07, 6.45) is 4.25. The molecular formula is C20H22ClNO2S. The Balaban J connectivity index is 1.52. The first-order valence-corrected chi connectivity index (χ1v) is 10.1. The van der Waals surface area contributed by atoms with Gasteiger partial charge in [0, 0.05) is 30.2 Å². The van der Waals surface area contributed by atoms with Crippen molar-refractivity contribution in [2.24, 2.45) is 0 Å². The van der Waals surface area contributed by atoms with E-state index in [0.717, 1.165) is 36.0 Å². The highest BCUT2D eigenvalue weighted by atomic mass is 35.5. The topological polar surface area (TPSA) is 38.3 Å². The zero-order valence-electron chi connectivity index (χ0n) is 14.1. The highest BCUT2D eigenvalue weighted by Crippen LogP contribution is 2.43. The van der Waals surface area contributed by atoms with E-state index in [-0.39, 0.29) is 11.3 Å². The summed E-state index contributed by atoms with van der Waals surface area (Å²) in [7, 11) is 0. The van der Waals surface area contributed by atoms with Gasteiger partial charge in [-0.15, -0.1) is 11.3 Å². The summed E-state index contributed by atoms with van der Waals surface area (Å²) >= 11 is 7.61. The number of ether oxygens (including phenoxy) is 1. The van der Waals surface area contributed by atoms with Crippen molar-refractivity contribution >= 4 is 28.8 Å². The number of hydrogen-bond donors (Lipinski definition) is 1. The number of hydrogen-bond acceptors (Lipinski definition) is 3. The summed E-state index contributed by atoms with van der Waals surface area (Å²) in [5, 5.41) is 5.99. The number of carbonyl (C=O) groups excluding carboxylic acids is 1. The molecule has 1 aromatic heterocycles. The van der Waals surface area contributed by atoms with Gasteiger partial charge in [-0.3, -0.25) is 4.79 Å². The predicted octanol–water partition coefficient (Wildman–Crippen LogP) is 4.76. The van der Waals surface area contributed by atoms with Crippen LogP contribution < -0.4 is 5.32 Å². The minimum Gasteiger partial charge on any atom is -0.381 e. The summed E-state index contributed by atoms with van der Waals surface area (Å²) in [6.45, 7) is 2.09. The van der Waals surface area contributed by atoms with E-state index in [1.165, 1.54) is 24.0 Å². The number of thiophene rings is 1. The molecule has 2 aliphatic rings. The monoisotopic (exact) mass is 375 g/mol. The quantitative estimate of drug-likeness (QED) is 0.818. The van der Waals surface area contributed by atoms with Gasteiger partial charge >= 0.3 is 0 Å². The lowest BCUT2D eigenvalue weighted by Gasteiger charge is -2.38. The summed E-state index contributed by atoms with van der Waals surface area (Å²) < 4.78 is 5.57. The van der Waals surface area contributed by atoms with Crippen LogP contribution in [0.2, 0.25) is 5.02 Å². The number of rotatable bonds is 5. The number of amides is 1. The van der Waals surface area contributed by atoms with Gasteiger partial charge in [0.25, 0.3) is 5.91 Å². The van der Waals surface area contributed by atoms with Gasteiger partial charge in [0.15, 0.2) is 0 Å². The molecular weight excluding hydrogens is 354 g/mol. The Kier molecular flexibility index (Phi) is 4.85. The standard InChI is InChI=1S/C20H22ClNO2S/c21-16-5-3-15(4-6-16)20(8-10-24-11-9-20)13-22-19(23)18-17(7-12-25-18)14-1-2-14/h3-7,12,14H,1-2,8-11,13H2,(H,22,23). The third-order valence-electron chi connectivity index (χ3n) is 5.41. The van der Waals surface area contributed by atoms with Gasteiger partial charge in [-0.05, 0) is 66.3 Å². The van der Waals surface area contributed by atoms with Gasteiger partial charge in [-0.2, -0.15) is 0 Å². The first-order chi connectivity index (χ1) is 12.2. The van der Waals surface area contributed by atoms with Crippen molar-refractivity contribution in [2.75, 3.05) is 19.8 Å². The fourth-order valence-corrected chi connectivity index (χ4v) is 4.71. The molecule has 0 spiro atoms. The van der Waals surface area contributed by atoms with Gasteiger partial charge in [0.1, 0.15) is 0 Å². The second-order valence-electron chi connectivity index (χ2n) is 7.06. The number of benzene rings is 1. The first kappa shape index (κ1) is 17.1. The Morgan fingerprint density at radius 2 is 1.92 bits per heavy atom. The molecule has 2 fully saturated rings. The lowest BCUT2D eigenvalue weighted by Crippen LogP contribution is -2.44. The van der Waals surface area contributed by atoms with E-state index in [1.54, 1.807) is 11.3 Å². The van der Waals surface area contributed by atoms with Crippen LogP contribution in [-0.4, -0.2) is 25.7 Å². The smallest absolute Gasteiger partial charge is 0.261 e. The van der Waals surface area contributed by atoms with Gasteiger partial charge < -0.3 is 10.1 Å². The minimum absolute atomic E-state index is 0.0664. The maximum atomic E-state index is 12.8. The molecule has 1 saturated heterocycles. The van der Waals surface area contributed by atoms with E-state index in [0.29, 0.717) is 12.5 Å². The second-order valence-corrected chi connectivity index (χ2v) is 8.41. The van der Waals surface area contributed by atoms with Crippen molar-refractivity contribution in [1.29, 1.82) is 0 Å². The van der Waals surface area contributed by atoms with Crippen molar-refractivity contribution in [3.8, 4) is 0 Å². The molecule has 1 N–H and O–H groups in total. The molecule has 0 unspecified atom stereocenters. The van der Waals surface area contributed by atoms with Gasteiger partial charge in [-0.1, -0.05) is 23.7 Å². The summed E-state index contributed by atoms with van der Waals surface area (Å²) in [5.74, 6) is 0.664. The first-order valence-electron chi connectivity index (χ1n) is 8.87. The van der Waals surface area contributed by atoms with E-state index in [4.69, 9.17) is 16.3 Å². The largest absolute Gasteiger partial charge is 0.381 e. The molecule has 1 aliphatic carbocycles. The normalized spacial score (nSPS) is 19.6. The maximum absolute atomic E-state index is 12.8.